The molecular formula is C117H201N3O12. The molecule has 0 spiro atoms. The van der Waals surface area contributed by atoms with Crippen molar-refractivity contribution in [2.24, 2.45) is 107 Å². The summed E-state index contributed by atoms with van der Waals surface area (Å²) in [6.07, 6.45) is 38.4. The number of carbonyl (C=O) groups is 3. The maximum absolute atomic E-state index is 15.9. The first-order valence-corrected chi connectivity index (χ1v) is 54.1. The van der Waals surface area contributed by atoms with Gasteiger partial charge in [-0.15, -0.1) is 0 Å². The molecule has 0 unspecified atom stereocenters. The highest BCUT2D eigenvalue weighted by Gasteiger charge is 2.27. The fourth-order valence-corrected chi connectivity index (χ4v) is 17.1. The van der Waals surface area contributed by atoms with E-state index in [2.05, 4.69) is 203 Å². The Kier molecular flexibility index (Phi) is 60.4. The van der Waals surface area contributed by atoms with Crippen molar-refractivity contribution >= 4 is 34.8 Å². The number of amides is 3. The molecule has 0 aromatic heterocycles. The zero-order valence-electron chi connectivity index (χ0n) is 89.8. The van der Waals surface area contributed by atoms with Gasteiger partial charge in [-0.1, -0.05) is 360 Å². The Labute approximate surface area is 810 Å². The van der Waals surface area contributed by atoms with Gasteiger partial charge in [0.05, 0.1) is 59.5 Å². The fourth-order valence-electron chi connectivity index (χ4n) is 17.1. The smallest absolute Gasteiger partial charge is 0.255 e. The first-order valence-electron chi connectivity index (χ1n) is 54.1. The first kappa shape index (κ1) is 118. The lowest BCUT2D eigenvalue weighted by Crippen LogP contribution is -2.20. The number of nitrogens with one attached hydrogen (secondary N) is 3. The molecule has 15 nitrogen and oxygen atoms in total. The lowest BCUT2D eigenvalue weighted by Gasteiger charge is -2.22. The molecule has 0 aliphatic rings. The number of hydrogen-bond acceptors (Lipinski definition) is 12. The summed E-state index contributed by atoms with van der Waals surface area (Å²) < 4.78 is 62.2. The number of anilines is 3. The Hall–Kier alpha value is -6.51. The monoisotopic (exact) mass is 1840 g/mol. The van der Waals surface area contributed by atoms with Gasteiger partial charge in [0.25, 0.3) is 17.7 Å². The van der Waals surface area contributed by atoms with E-state index in [0.29, 0.717) is 235 Å². The maximum Gasteiger partial charge on any atom is 0.255 e. The van der Waals surface area contributed by atoms with Crippen molar-refractivity contribution in [1.82, 2.24) is 0 Å². The van der Waals surface area contributed by atoms with Crippen LogP contribution in [0.25, 0.3) is 0 Å². The van der Waals surface area contributed by atoms with E-state index in [9.17, 15) is 0 Å². The van der Waals surface area contributed by atoms with Crippen LogP contribution in [0.1, 0.15) is 449 Å². The van der Waals surface area contributed by atoms with Gasteiger partial charge in [0.1, 0.15) is 0 Å². The number of rotatable bonds is 78. The molecule has 756 valence electrons. The van der Waals surface area contributed by atoms with Gasteiger partial charge in [-0.2, -0.15) is 0 Å². The van der Waals surface area contributed by atoms with Crippen molar-refractivity contribution in [3.8, 4) is 51.7 Å². The molecule has 4 aromatic carbocycles. The van der Waals surface area contributed by atoms with E-state index in [1.165, 1.54) is 57.8 Å². The molecule has 0 aliphatic heterocycles. The van der Waals surface area contributed by atoms with Crippen molar-refractivity contribution in [2.75, 3.05) is 75.4 Å². The molecule has 4 aromatic rings. The van der Waals surface area contributed by atoms with Crippen LogP contribution in [0, 0.1) is 107 Å². The van der Waals surface area contributed by atoms with Crippen molar-refractivity contribution in [2.45, 2.75) is 418 Å². The minimum atomic E-state index is -0.560. The molecule has 132 heavy (non-hydrogen) atoms. The SMILES string of the molecule is CC(C)CCC[C@H](C)CCOc1cc(NC(=O)c2cc(C(=O)Nc3cc(OCC[C@@H](C)CCCC(C)C)c(OCC[C@@H](C)CCCC(C)C)c(OCC[C@@H](C)CCCC(C)C)c3)cc(C(=O)Nc3cc(OCC[C@@H](C)CCCC(C)C)c(OCC[C@@H](C)CCCC(C)C)c(OCC[C@@H](C)CCCC(C)C)c3)c2)cc(OCC[C@@H](C)CCCC(C)C)c1OCC[C@@H](C)CCCC(C)C. The van der Waals surface area contributed by atoms with Crippen molar-refractivity contribution in [1.29, 1.82) is 0 Å². The van der Waals surface area contributed by atoms with Crippen LogP contribution in [0.5, 0.6) is 51.7 Å². The predicted octanol–water partition coefficient (Wildman–Crippen LogP) is 34.5. The third-order valence-electron chi connectivity index (χ3n) is 26.6. The summed E-state index contributed by atoms with van der Waals surface area (Å²) >= 11 is 0. The Morgan fingerprint density at radius 1 is 0.182 bits per heavy atom. The molecule has 0 radical (unpaired) electrons. The summed E-state index contributed by atoms with van der Waals surface area (Å²) in [5, 5.41) is 9.78. The summed E-state index contributed by atoms with van der Waals surface area (Å²) in [5.74, 6) is 12.3. The Bertz CT molecular complexity index is 3180. The van der Waals surface area contributed by atoms with E-state index in [1.54, 1.807) is 18.2 Å². The minimum Gasteiger partial charge on any atom is -0.489 e. The summed E-state index contributed by atoms with van der Waals surface area (Å²) in [6, 6.07) is 15.8. The van der Waals surface area contributed by atoms with Gasteiger partial charge in [0.2, 0.25) is 17.2 Å². The zero-order chi connectivity index (χ0) is 97.5. The molecule has 0 bridgehead atoms. The Balaban J connectivity index is 2.10. The third kappa shape index (κ3) is 53.9. The van der Waals surface area contributed by atoms with Crippen LogP contribution in [-0.2, 0) is 0 Å². The molecule has 0 saturated carbocycles. The minimum absolute atomic E-state index is 0.0653. The molecular weight excluding hydrogens is 1640 g/mol. The lowest BCUT2D eigenvalue weighted by atomic mass is 9.97. The average molecular weight is 1840 g/mol. The van der Waals surface area contributed by atoms with E-state index < -0.39 is 17.7 Å². The molecule has 15 heteroatoms. The van der Waals surface area contributed by atoms with Gasteiger partial charge in [0.15, 0.2) is 34.5 Å². The summed E-state index contributed by atoms with van der Waals surface area (Å²) in [6.45, 7) is 65.8. The highest BCUT2D eigenvalue weighted by Crippen LogP contribution is 2.46. The average Bonchev–Trinajstić information content (AvgIpc) is 0.795. The molecule has 3 N–H and O–H groups in total. The highest BCUT2D eigenvalue weighted by atomic mass is 16.6. The third-order valence-corrected chi connectivity index (χ3v) is 26.6. The van der Waals surface area contributed by atoms with E-state index in [-0.39, 0.29) is 16.7 Å². The Morgan fingerprint density at radius 3 is 0.439 bits per heavy atom. The van der Waals surface area contributed by atoms with Gasteiger partial charge in [-0.05, 0) is 183 Å². The molecule has 0 aliphatic carbocycles. The maximum atomic E-state index is 15.9. The van der Waals surface area contributed by atoms with E-state index in [1.807, 2.05) is 36.4 Å². The van der Waals surface area contributed by atoms with Gasteiger partial charge >= 0.3 is 0 Å². The van der Waals surface area contributed by atoms with E-state index in [0.717, 1.165) is 173 Å². The molecule has 0 heterocycles. The molecule has 3 amide bonds. The topological polar surface area (TPSA) is 170 Å². The summed E-state index contributed by atoms with van der Waals surface area (Å²) in [7, 11) is 0. The number of carbonyl (C=O) groups excluding carboxylic acids is 3. The van der Waals surface area contributed by atoms with Crippen molar-refractivity contribution in [3.63, 3.8) is 0 Å². The van der Waals surface area contributed by atoms with Gasteiger partial charge in [-0.3, -0.25) is 14.4 Å². The normalized spacial score (nSPS) is 14.0. The second kappa shape index (κ2) is 67.7. The Morgan fingerprint density at radius 2 is 0.311 bits per heavy atom. The van der Waals surface area contributed by atoms with E-state index in [4.69, 9.17) is 42.6 Å². The molecule has 0 saturated heterocycles. The highest BCUT2D eigenvalue weighted by molar-refractivity contribution is 6.13. The second-order valence-corrected chi connectivity index (χ2v) is 45.2. The van der Waals surface area contributed by atoms with Crippen LogP contribution >= 0.6 is 0 Å². The van der Waals surface area contributed by atoms with Crippen molar-refractivity contribution < 1.29 is 57.0 Å². The zero-order valence-corrected chi connectivity index (χ0v) is 89.8. The first-order chi connectivity index (χ1) is 62.8. The molecule has 9 atom stereocenters. The summed E-state index contributed by atoms with van der Waals surface area (Å²) in [4.78, 5) is 47.7. The number of ether oxygens (including phenoxy) is 9. The molecule has 0 fully saturated rings. The van der Waals surface area contributed by atoms with Crippen molar-refractivity contribution in [3.05, 3.63) is 71.3 Å². The fraction of sp³-hybridized carbons (Fsp3) is 0.769. The second-order valence-electron chi connectivity index (χ2n) is 45.2. The quantitative estimate of drug-likeness (QED) is 0.0383. The largest absolute Gasteiger partial charge is 0.489 e. The van der Waals surface area contributed by atoms with Crippen LogP contribution in [0.4, 0.5) is 17.1 Å². The number of hydrogen-bond donors (Lipinski definition) is 3. The van der Waals surface area contributed by atoms with Crippen LogP contribution < -0.4 is 58.6 Å². The van der Waals surface area contributed by atoms with Crippen LogP contribution in [0.15, 0.2) is 54.6 Å². The van der Waals surface area contributed by atoms with Gasteiger partial charge in [0, 0.05) is 70.2 Å². The van der Waals surface area contributed by atoms with Crippen LogP contribution in [0.3, 0.4) is 0 Å². The standard InChI is InChI=1S/C117H201N3O12/c1-82(2)37-28-46-91(19)55-64-124-106-76-103(77-107(125-65-56-92(20)47-29-38-83(3)4)112(106)130-70-61-97(25)52-34-43-88(13)14)118-115(121)100-73-101(116(122)119-104-78-108(126-66-57-93(21)48-30-39-84(5)6)113(131-71-62-98(26)53-35-44-89(15)16)109(79-104)127-67-58-94(22)49-31-40-85(7)8)75-102(74-100)117(123)120-105-80-110(128-68-59-95(23)50-32-41-86(9)10)114(132-72-63-99(27)54-36-45-90(17)18)111(81-105)129-69-60-96(24)51-33-42-87(11)12/h73-99H,28-72H2,1-27H3,(H,118,121)(H,119,122)(H,120,123)/t91-,92-,93-,94-,95-,96-,97-,98-,99-/m0/s1. The summed E-state index contributed by atoms with van der Waals surface area (Å²) in [5.41, 5.74) is 1.42. The lowest BCUT2D eigenvalue weighted by molar-refractivity contribution is 0.102. The van der Waals surface area contributed by atoms with E-state index >= 15 is 14.4 Å². The van der Waals surface area contributed by atoms with Crippen LogP contribution in [0.2, 0.25) is 0 Å². The molecule has 4 rings (SSSR count). The number of benzene rings is 4. The predicted molar refractivity (Wildman–Crippen MR) is 561 cm³/mol. The van der Waals surface area contributed by atoms with Gasteiger partial charge < -0.3 is 58.6 Å². The van der Waals surface area contributed by atoms with Gasteiger partial charge in [-0.25, -0.2) is 0 Å². The van der Waals surface area contributed by atoms with Crippen LogP contribution in [-0.4, -0.2) is 77.2 Å².